The fourth-order valence-electron chi connectivity index (χ4n) is 3.71. The molecule has 2 N–H and O–H groups in total. The number of hydrogen-bond acceptors (Lipinski definition) is 3. The zero-order valence-corrected chi connectivity index (χ0v) is 16.1. The molecular formula is C24H17ClN2O2. The van der Waals surface area contributed by atoms with Crippen LogP contribution in [0.25, 0.3) is 27.7 Å². The van der Waals surface area contributed by atoms with Gasteiger partial charge in [0.1, 0.15) is 6.10 Å². The Morgan fingerprint density at radius 1 is 0.862 bits per heavy atom. The molecule has 2 heterocycles. The fraction of sp³-hybridized carbons (Fsp3) is 0.0417. The summed E-state index contributed by atoms with van der Waals surface area (Å²) < 4.78 is 0. The third kappa shape index (κ3) is 3.23. The highest BCUT2D eigenvalue weighted by Crippen LogP contribution is 2.36. The number of rotatable bonds is 3. The summed E-state index contributed by atoms with van der Waals surface area (Å²) in [5.41, 5.74) is 7.45. The molecule has 0 aliphatic carbocycles. The zero-order chi connectivity index (χ0) is 19.8. The quantitative estimate of drug-likeness (QED) is 0.479. The minimum atomic E-state index is -0.274. The van der Waals surface area contributed by atoms with E-state index in [9.17, 15) is 4.79 Å². The molecule has 4 aromatic rings. The van der Waals surface area contributed by atoms with Gasteiger partial charge in [0.25, 0.3) is 5.56 Å². The monoisotopic (exact) mass is 400 g/mol. The number of aromatic amines is 1. The highest BCUT2D eigenvalue weighted by molar-refractivity contribution is 6.31. The van der Waals surface area contributed by atoms with Crippen LogP contribution in [-0.4, -0.2) is 4.98 Å². The van der Waals surface area contributed by atoms with Crippen molar-refractivity contribution < 1.29 is 4.84 Å². The predicted octanol–water partition coefficient (Wildman–Crippen LogP) is 5.47. The molecule has 0 amide bonds. The molecule has 0 bridgehead atoms. The van der Waals surface area contributed by atoms with Gasteiger partial charge in [0.2, 0.25) is 0 Å². The smallest absolute Gasteiger partial charge is 0.258 e. The molecule has 0 unspecified atom stereocenters. The van der Waals surface area contributed by atoms with Gasteiger partial charge in [0.05, 0.1) is 11.3 Å². The topological polar surface area (TPSA) is 54.1 Å². The second-order valence-corrected chi connectivity index (χ2v) is 7.33. The van der Waals surface area contributed by atoms with E-state index in [2.05, 4.69) is 10.5 Å². The lowest BCUT2D eigenvalue weighted by Gasteiger charge is -2.14. The molecule has 1 atom stereocenters. The highest BCUT2D eigenvalue weighted by Gasteiger charge is 2.25. The first kappa shape index (κ1) is 17.7. The van der Waals surface area contributed by atoms with Gasteiger partial charge in [0.15, 0.2) is 0 Å². The first-order valence-corrected chi connectivity index (χ1v) is 9.68. The van der Waals surface area contributed by atoms with Crippen molar-refractivity contribution in [2.24, 2.45) is 0 Å². The van der Waals surface area contributed by atoms with Crippen molar-refractivity contribution in [1.82, 2.24) is 10.5 Å². The van der Waals surface area contributed by atoms with E-state index in [-0.39, 0.29) is 11.7 Å². The number of hydrogen-bond donors (Lipinski definition) is 2. The van der Waals surface area contributed by atoms with Crippen molar-refractivity contribution in [1.29, 1.82) is 0 Å². The van der Waals surface area contributed by atoms with Gasteiger partial charge in [-0.1, -0.05) is 72.3 Å². The van der Waals surface area contributed by atoms with Gasteiger partial charge in [-0.05, 0) is 35.4 Å². The number of benzene rings is 3. The lowest BCUT2D eigenvalue weighted by atomic mass is 9.94. The van der Waals surface area contributed by atoms with Crippen molar-refractivity contribution in [3.8, 4) is 11.1 Å². The first-order chi connectivity index (χ1) is 14.2. The van der Waals surface area contributed by atoms with Gasteiger partial charge in [-0.2, -0.15) is 0 Å². The van der Waals surface area contributed by atoms with Gasteiger partial charge < -0.3 is 4.98 Å². The summed E-state index contributed by atoms with van der Waals surface area (Å²) in [6.07, 6.45) is 1.66. The molecule has 1 aliphatic rings. The molecule has 1 aromatic heterocycles. The van der Waals surface area contributed by atoms with E-state index in [4.69, 9.17) is 16.4 Å². The largest absolute Gasteiger partial charge is 0.321 e. The molecule has 5 rings (SSSR count). The van der Waals surface area contributed by atoms with Crippen LogP contribution in [0.5, 0.6) is 0 Å². The van der Waals surface area contributed by atoms with Gasteiger partial charge >= 0.3 is 0 Å². The van der Waals surface area contributed by atoms with E-state index < -0.39 is 0 Å². The Morgan fingerprint density at radius 2 is 1.59 bits per heavy atom. The number of hydroxylamine groups is 1. The average molecular weight is 401 g/mol. The van der Waals surface area contributed by atoms with Crippen LogP contribution < -0.4 is 11.0 Å². The molecule has 0 saturated heterocycles. The first-order valence-electron chi connectivity index (χ1n) is 9.30. The molecule has 1 aliphatic heterocycles. The Morgan fingerprint density at radius 3 is 2.34 bits per heavy atom. The molecular weight excluding hydrogens is 384 g/mol. The summed E-state index contributed by atoms with van der Waals surface area (Å²) in [6.45, 7) is 0. The van der Waals surface area contributed by atoms with Crippen LogP contribution in [-0.2, 0) is 4.84 Å². The van der Waals surface area contributed by atoms with E-state index >= 15 is 0 Å². The highest BCUT2D eigenvalue weighted by atomic mass is 35.5. The van der Waals surface area contributed by atoms with Crippen molar-refractivity contribution in [3.63, 3.8) is 0 Å². The van der Waals surface area contributed by atoms with Crippen LogP contribution in [0, 0.1) is 0 Å². The third-order valence-corrected chi connectivity index (χ3v) is 5.29. The standard InChI is InChI=1S/C24H17ClN2O2/c25-17-11-12-19-18(13-17)22(16-9-5-2-6-10-16)23(24(28)26-19)20-14-21(29-27-20)15-7-3-1-4-8-15/h1-14,21,27H,(H,26,28)/t21-/m0/s1. The molecule has 0 fully saturated rings. The molecule has 142 valence electrons. The van der Waals surface area contributed by atoms with E-state index in [1.54, 1.807) is 6.07 Å². The molecule has 29 heavy (non-hydrogen) atoms. The second kappa shape index (κ2) is 7.24. The van der Waals surface area contributed by atoms with Crippen LogP contribution in [0.2, 0.25) is 5.02 Å². The van der Waals surface area contributed by atoms with Crippen LogP contribution in [0.3, 0.4) is 0 Å². The lowest BCUT2D eigenvalue weighted by molar-refractivity contribution is 0.0511. The number of aromatic nitrogens is 1. The molecule has 0 saturated carbocycles. The molecule has 4 nitrogen and oxygen atoms in total. The SMILES string of the molecule is O=c1[nH]c2ccc(Cl)cc2c(-c2ccccc2)c1C1=C[C@@H](c2ccccc2)ON1. The van der Waals surface area contributed by atoms with Crippen molar-refractivity contribution >= 4 is 28.2 Å². The zero-order valence-electron chi connectivity index (χ0n) is 15.4. The molecule has 3 aromatic carbocycles. The summed E-state index contributed by atoms with van der Waals surface area (Å²) in [5.74, 6) is 0. The second-order valence-electron chi connectivity index (χ2n) is 6.89. The van der Waals surface area contributed by atoms with Gasteiger partial charge in [-0.15, -0.1) is 0 Å². The minimum absolute atomic E-state index is 0.185. The summed E-state index contributed by atoms with van der Waals surface area (Å²) in [4.78, 5) is 21.9. The van der Waals surface area contributed by atoms with E-state index in [0.717, 1.165) is 27.6 Å². The normalized spacial score (nSPS) is 15.9. The molecule has 0 radical (unpaired) electrons. The number of H-pyrrole nitrogens is 1. The van der Waals surface area contributed by atoms with Crippen LogP contribution in [0.1, 0.15) is 17.2 Å². The minimum Gasteiger partial charge on any atom is -0.321 e. The van der Waals surface area contributed by atoms with Crippen LogP contribution in [0.4, 0.5) is 0 Å². The Balaban J connectivity index is 1.76. The maximum Gasteiger partial charge on any atom is 0.258 e. The van der Waals surface area contributed by atoms with Gasteiger partial charge in [-0.3, -0.25) is 15.1 Å². The molecule has 5 heteroatoms. The maximum atomic E-state index is 13.1. The average Bonchev–Trinajstić information content (AvgIpc) is 3.24. The summed E-state index contributed by atoms with van der Waals surface area (Å²) in [7, 11) is 0. The maximum absolute atomic E-state index is 13.1. The third-order valence-electron chi connectivity index (χ3n) is 5.05. The number of nitrogens with one attached hydrogen (secondary N) is 2. The van der Waals surface area contributed by atoms with Gasteiger partial charge in [-0.25, -0.2) is 0 Å². The fourth-order valence-corrected chi connectivity index (χ4v) is 3.89. The number of halogens is 1. The number of pyridine rings is 1. The van der Waals surface area contributed by atoms with Crippen molar-refractivity contribution in [2.45, 2.75) is 6.10 Å². The Labute approximate surface area is 172 Å². The lowest BCUT2D eigenvalue weighted by Crippen LogP contribution is -2.18. The Kier molecular flexibility index (Phi) is 4.43. The van der Waals surface area contributed by atoms with Crippen LogP contribution >= 0.6 is 11.6 Å². The van der Waals surface area contributed by atoms with Crippen molar-refractivity contribution in [3.05, 3.63) is 111 Å². The number of fused-ring (bicyclic) bond motifs is 1. The summed E-state index contributed by atoms with van der Waals surface area (Å²) >= 11 is 6.29. The van der Waals surface area contributed by atoms with E-state index in [1.807, 2.05) is 78.9 Å². The Bertz CT molecular complexity index is 1280. The Hall–Kier alpha value is -3.34. The summed E-state index contributed by atoms with van der Waals surface area (Å²) in [5, 5.41) is 1.49. The molecule has 0 spiro atoms. The predicted molar refractivity (Wildman–Crippen MR) is 116 cm³/mol. The van der Waals surface area contributed by atoms with Crippen LogP contribution in [0.15, 0.2) is 89.7 Å². The van der Waals surface area contributed by atoms with Gasteiger partial charge in [0, 0.05) is 21.5 Å². The van der Waals surface area contributed by atoms with E-state index in [0.29, 0.717) is 16.3 Å². The van der Waals surface area contributed by atoms with Crippen molar-refractivity contribution in [2.75, 3.05) is 0 Å². The summed E-state index contributed by atoms with van der Waals surface area (Å²) in [6, 6.07) is 25.2. The van der Waals surface area contributed by atoms with E-state index in [1.165, 1.54) is 0 Å².